The molecule has 2 N–H and O–H groups in total. The van der Waals surface area contributed by atoms with E-state index in [1.165, 1.54) is 35.9 Å². The smallest absolute Gasteiger partial charge is 0.338 e. The molecule has 1 amide bonds. The third kappa shape index (κ3) is 6.80. The Balaban J connectivity index is 1.44. The molecule has 3 aromatic carbocycles. The van der Waals surface area contributed by atoms with Gasteiger partial charge in [-0.1, -0.05) is 49.7 Å². The number of nitrogens with one attached hydrogen (secondary N) is 2. The molecule has 0 fully saturated rings. The molecule has 42 heavy (non-hydrogen) atoms. The summed E-state index contributed by atoms with van der Waals surface area (Å²) in [5.41, 5.74) is 2.23. The fourth-order valence-electron chi connectivity index (χ4n) is 4.34. The number of unbranched alkanes of at least 4 members (excludes halogenated alkanes) is 1. The SMILES string of the molecule is CCCCc1ccc(NS(=O)(=O)c2cccc(C(=O)OC(C)C(=O)Nc3c(C)n(C)n(-c4ccccc4)c3=O)c2)cc1. The number of nitrogens with zero attached hydrogens (tertiary/aromatic N) is 2. The topological polar surface area (TPSA) is 128 Å². The molecule has 0 radical (unpaired) electrons. The first-order valence-electron chi connectivity index (χ1n) is 13.6. The van der Waals surface area contributed by atoms with Gasteiger partial charge in [-0.25, -0.2) is 17.9 Å². The van der Waals surface area contributed by atoms with E-state index in [9.17, 15) is 22.8 Å². The second kappa shape index (κ2) is 12.9. The van der Waals surface area contributed by atoms with Crippen LogP contribution in [0.4, 0.5) is 11.4 Å². The normalized spacial score (nSPS) is 12.0. The van der Waals surface area contributed by atoms with Gasteiger partial charge in [-0.3, -0.25) is 19.0 Å². The predicted octanol–water partition coefficient (Wildman–Crippen LogP) is 4.81. The number of hydrogen-bond acceptors (Lipinski definition) is 6. The van der Waals surface area contributed by atoms with Crippen LogP contribution in [-0.2, 0) is 33.0 Å². The Kier molecular flexibility index (Phi) is 9.31. The first kappa shape index (κ1) is 30.3. The average Bonchev–Trinajstić information content (AvgIpc) is 3.19. The Morgan fingerprint density at radius 1 is 0.976 bits per heavy atom. The lowest BCUT2D eigenvalue weighted by molar-refractivity contribution is -0.123. The first-order chi connectivity index (χ1) is 20.0. The van der Waals surface area contributed by atoms with E-state index in [-0.39, 0.29) is 16.1 Å². The van der Waals surface area contributed by atoms with Crippen molar-refractivity contribution in [2.45, 2.75) is 51.0 Å². The minimum Gasteiger partial charge on any atom is -0.449 e. The highest BCUT2D eigenvalue weighted by Gasteiger charge is 2.24. The van der Waals surface area contributed by atoms with Crippen LogP contribution in [0.25, 0.3) is 5.69 Å². The zero-order valence-corrected chi connectivity index (χ0v) is 24.8. The maximum Gasteiger partial charge on any atom is 0.338 e. The summed E-state index contributed by atoms with van der Waals surface area (Å²) >= 11 is 0. The Bertz CT molecular complexity index is 1740. The number of anilines is 2. The fraction of sp³-hybridized carbons (Fsp3) is 0.258. The summed E-state index contributed by atoms with van der Waals surface area (Å²) in [5, 5.41) is 2.57. The predicted molar refractivity (Wildman–Crippen MR) is 162 cm³/mol. The summed E-state index contributed by atoms with van der Waals surface area (Å²) in [6, 6.07) is 21.5. The van der Waals surface area contributed by atoms with Gasteiger partial charge in [0.25, 0.3) is 21.5 Å². The number of rotatable bonds is 11. The van der Waals surface area contributed by atoms with Crippen LogP contribution in [0.5, 0.6) is 0 Å². The number of hydrogen-bond donors (Lipinski definition) is 2. The zero-order chi connectivity index (χ0) is 30.4. The standard InChI is InChI=1S/C31H34N4O6S/c1-5-6-11-23-16-18-25(19-17-23)33-42(39,40)27-15-10-12-24(20-27)31(38)41-22(3)29(36)32-28-21(2)34(4)35(30(28)37)26-13-8-7-9-14-26/h7-10,12-20,22,33H,5-6,11H2,1-4H3,(H,32,36). The van der Waals surface area contributed by atoms with Crippen molar-refractivity contribution in [1.29, 1.82) is 0 Å². The Morgan fingerprint density at radius 3 is 2.33 bits per heavy atom. The van der Waals surface area contributed by atoms with Crippen molar-refractivity contribution in [2.24, 2.45) is 7.05 Å². The van der Waals surface area contributed by atoms with Crippen molar-refractivity contribution in [2.75, 3.05) is 10.0 Å². The van der Waals surface area contributed by atoms with Gasteiger partial charge in [0, 0.05) is 12.7 Å². The highest BCUT2D eigenvalue weighted by Crippen LogP contribution is 2.20. The van der Waals surface area contributed by atoms with Gasteiger partial charge in [0.15, 0.2) is 6.10 Å². The van der Waals surface area contributed by atoms with Gasteiger partial charge in [0.2, 0.25) is 0 Å². The number of ether oxygens (including phenoxy) is 1. The lowest BCUT2D eigenvalue weighted by Gasteiger charge is -2.14. The number of esters is 1. The number of carbonyl (C=O) groups is 2. The lowest BCUT2D eigenvalue weighted by Crippen LogP contribution is -2.32. The summed E-state index contributed by atoms with van der Waals surface area (Å²) in [6.07, 6.45) is 1.76. The number of aromatic nitrogens is 2. The van der Waals surface area contributed by atoms with Gasteiger partial charge in [-0.05, 0) is 74.7 Å². The summed E-state index contributed by atoms with van der Waals surface area (Å²) in [7, 11) is -2.30. The summed E-state index contributed by atoms with van der Waals surface area (Å²) < 4.78 is 36.9. The fourth-order valence-corrected chi connectivity index (χ4v) is 5.45. The Labute approximate surface area is 245 Å². The van der Waals surface area contributed by atoms with E-state index in [1.54, 1.807) is 55.1 Å². The van der Waals surface area contributed by atoms with Crippen LogP contribution < -0.4 is 15.6 Å². The van der Waals surface area contributed by atoms with E-state index in [0.29, 0.717) is 17.1 Å². The van der Waals surface area contributed by atoms with Crippen LogP contribution in [0.3, 0.4) is 0 Å². The zero-order valence-electron chi connectivity index (χ0n) is 24.0. The molecule has 0 aliphatic heterocycles. The number of aryl methyl sites for hydroxylation is 1. The average molecular weight is 591 g/mol. The number of sulfonamides is 1. The largest absolute Gasteiger partial charge is 0.449 e. The van der Waals surface area contributed by atoms with E-state index in [2.05, 4.69) is 17.0 Å². The Morgan fingerprint density at radius 2 is 1.67 bits per heavy atom. The van der Waals surface area contributed by atoms with Crippen molar-refractivity contribution in [3.05, 3.63) is 106 Å². The molecule has 220 valence electrons. The molecule has 11 heteroatoms. The highest BCUT2D eigenvalue weighted by molar-refractivity contribution is 7.92. The quantitative estimate of drug-likeness (QED) is 0.241. The molecule has 0 saturated heterocycles. The molecule has 0 saturated carbocycles. The van der Waals surface area contributed by atoms with Crippen LogP contribution in [0.1, 0.15) is 48.3 Å². The third-order valence-corrected chi connectivity index (χ3v) is 8.24. The maximum absolute atomic E-state index is 13.1. The van der Waals surface area contributed by atoms with Gasteiger partial charge < -0.3 is 10.1 Å². The molecule has 1 aromatic heterocycles. The Hall–Kier alpha value is -4.64. The molecule has 10 nitrogen and oxygen atoms in total. The van der Waals surface area contributed by atoms with Crippen molar-refractivity contribution in [3.8, 4) is 5.69 Å². The van der Waals surface area contributed by atoms with E-state index in [0.717, 1.165) is 24.8 Å². The summed E-state index contributed by atoms with van der Waals surface area (Å²) in [4.78, 5) is 38.7. The van der Waals surface area contributed by atoms with Crippen molar-refractivity contribution in [3.63, 3.8) is 0 Å². The maximum atomic E-state index is 13.1. The van der Waals surface area contributed by atoms with Crippen molar-refractivity contribution < 1.29 is 22.7 Å². The van der Waals surface area contributed by atoms with Gasteiger partial charge in [-0.2, -0.15) is 0 Å². The molecule has 0 aliphatic carbocycles. The molecule has 0 bridgehead atoms. The van der Waals surface area contributed by atoms with E-state index < -0.39 is 33.6 Å². The third-order valence-electron chi connectivity index (χ3n) is 6.86. The molecule has 1 unspecified atom stereocenters. The number of amides is 1. The van der Waals surface area contributed by atoms with Gasteiger partial charge in [0.1, 0.15) is 5.69 Å². The number of benzene rings is 3. The molecule has 1 atom stereocenters. The molecule has 4 rings (SSSR count). The van der Waals surface area contributed by atoms with Crippen molar-refractivity contribution >= 4 is 33.3 Å². The molecule has 0 spiro atoms. The molecule has 1 heterocycles. The van der Waals surface area contributed by atoms with Gasteiger partial charge in [-0.15, -0.1) is 0 Å². The summed E-state index contributed by atoms with van der Waals surface area (Å²) in [6.45, 7) is 5.17. The molecular formula is C31H34N4O6S. The van der Waals surface area contributed by atoms with E-state index in [1.807, 2.05) is 18.2 Å². The lowest BCUT2D eigenvalue weighted by atomic mass is 10.1. The van der Waals surface area contributed by atoms with Crippen molar-refractivity contribution in [1.82, 2.24) is 9.36 Å². The van der Waals surface area contributed by atoms with Gasteiger partial charge in [0.05, 0.1) is 21.8 Å². The second-order valence-corrected chi connectivity index (χ2v) is 11.6. The number of para-hydroxylation sites is 1. The molecule has 4 aromatic rings. The molecular weight excluding hydrogens is 556 g/mol. The monoisotopic (exact) mass is 590 g/mol. The minimum atomic E-state index is -4.00. The van der Waals surface area contributed by atoms with Crippen LogP contribution >= 0.6 is 0 Å². The van der Waals surface area contributed by atoms with Crippen LogP contribution in [0.15, 0.2) is 88.6 Å². The van der Waals surface area contributed by atoms with E-state index >= 15 is 0 Å². The van der Waals surface area contributed by atoms with Gasteiger partial charge >= 0.3 is 5.97 Å². The van der Waals surface area contributed by atoms with Crippen LogP contribution in [0.2, 0.25) is 0 Å². The van der Waals surface area contributed by atoms with Crippen LogP contribution in [0, 0.1) is 6.92 Å². The summed E-state index contributed by atoms with van der Waals surface area (Å²) in [5.74, 6) is -1.59. The minimum absolute atomic E-state index is 0.0465. The van der Waals surface area contributed by atoms with E-state index in [4.69, 9.17) is 4.74 Å². The highest BCUT2D eigenvalue weighted by atomic mass is 32.2. The van der Waals surface area contributed by atoms with Crippen LogP contribution in [-0.4, -0.2) is 35.8 Å². The second-order valence-electron chi connectivity index (χ2n) is 9.91. The first-order valence-corrected chi connectivity index (χ1v) is 15.1. The molecule has 0 aliphatic rings. The number of carbonyl (C=O) groups excluding carboxylic acids is 2.